The van der Waals surface area contributed by atoms with Crippen molar-refractivity contribution < 1.29 is 12.8 Å². The van der Waals surface area contributed by atoms with Gasteiger partial charge in [-0.15, -0.1) is 0 Å². The van der Waals surface area contributed by atoms with Crippen LogP contribution in [-0.2, 0) is 16.3 Å². The van der Waals surface area contributed by atoms with E-state index in [0.717, 1.165) is 0 Å². The summed E-state index contributed by atoms with van der Waals surface area (Å²) in [4.78, 5) is 4.09. The molecule has 1 rings (SSSR count). The second kappa shape index (κ2) is 10.4. The summed E-state index contributed by atoms with van der Waals surface area (Å²) < 4.78 is 36.7. The van der Waals surface area contributed by atoms with Gasteiger partial charge in [-0.05, 0) is 24.7 Å². The van der Waals surface area contributed by atoms with Gasteiger partial charge in [0.05, 0.1) is 28.6 Å². The zero-order valence-electron chi connectivity index (χ0n) is 13.9. The molecule has 0 unspecified atom stereocenters. The highest BCUT2D eigenvalue weighted by Gasteiger charge is 2.13. The van der Waals surface area contributed by atoms with E-state index >= 15 is 0 Å². The first kappa shape index (κ1) is 20.6. The highest BCUT2D eigenvalue weighted by Crippen LogP contribution is 2.13. The Morgan fingerprint density at radius 2 is 2.08 bits per heavy atom. The Labute approximate surface area is 146 Å². The van der Waals surface area contributed by atoms with E-state index in [1.165, 1.54) is 18.3 Å². The van der Waals surface area contributed by atoms with E-state index in [1.807, 2.05) is 0 Å². The summed E-state index contributed by atoms with van der Waals surface area (Å²) >= 11 is 0. The second-order valence-corrected chi connectivity index (χ2v) is 7.14. The molecule has 0 amide bonds. The molecule has 2 N–H and O–H groups in total. The molecule has 0 saturated carbocycles. The molecule has 134 valence electrons. The lowest BCUT2D eigenvalue weighted by molar-refractivity contribution is 0.577. The average Bonchev–Trinajstić information content (AvgIpc) is 2.61. The Kier molecular flexibility index (Phi) is 8.60. The average molecular weight is 365 g/mol. The molecule has 0 aliphatic carbocycles. The van der Waals surface area contributed by atoms with Crippen LogP contribution in [0.25, 0.3) is 0 Å². The Morgan fingerprint density at radius 1 is 1.40 bits per heavy atom. The van der Waals surface area contributed by atoms with E-state index in [4.69, 9.17) is 10.8 Å². The molecule has 0 aliphatic rings. The molecule has 1 aromatic carbocycles. The number of aliphatic imine (C=N–C) groups is 1. The van der Waals surface area contributed by atoms with Crippen LogP contribution in [0.4, 0.5) is 4.39 Å². The van der Waals surface area contributed by atoms with Crippen molar-refractivity contribution in [2.75, 3.05) is 26.0 Å². The highest BCUT2D eigenvalue weighted by molar-refractivity contribution is 7.91. The number of nitrogens with one attached hydrogen (secondary N) is 2. The first-order valence-electron chi connectivity index (χ1n) is 7.48. The van der Waals surface area contributed by atoms with Gasteiger partial charge in [-0.2, -0.15) is 10.4 Å². The fourth-order valence-corrected chi connectivity index (χ4v) is 2.80. The standard InChI is InChI=1S/C16H20FN5O2S/c1-20-8-6-14(22-19)12-21-15(11-17)10-13-2-4-16(5-3-13)25(23,24)9-7-18/h2-5,12,19-20H,6,8-11H2,1H3/b14-12-,21-15?,22-19?. The minimum atomic E-state index is -3.61. The molecule has 0 fully saturated rings. The first-order chi connectivity index (χ1) is 12.0. The van der Waals surface area contributed by atoms with Crippen LogP contribution in [0.2, 0.25) is 0 Å². The fraction of sp³-hybridized carbons (Fsp3) is 0.375. The van der Waals surface area contributed by atoms with Crippen molar-refractivity contribution in [2.45, 2.75) is 17.7 Å². The number of halogens is 1. The summed E-state index contributed by atoms with van der Waals surface area (Å²) in [5.74, 6) is -0.583. The van der Waals surface area contributed by atoms with E-state index in [-0.39, 0.29) is 17.0 Å². The van der Waals surface area contributed by atoms with Crippen molar-refractivity contribution in [1.82, 2.24) is 5.32 Å². The lowest BCUT2D eigenvalue weighted by atomic mass is 10.1. The summed E-state index contributed by atoms with van der Waals surface area (Å²) in [5.41, 5.74) is 8.44. The largest absolute Gasteiger partial charge is 0.319 e. The zero-order chi connectivity index (χ0) is 18.7. The summed E-state index contributed by atoms with van der Waals surface area (Å²) in [6.07, 6.45) is 2.09. The lowest BCUT2D eigenvalue weighted by Gasteiger charge is -2.05. The molecular formula is C16H20FN5O2S. The van der Waals surface area contributed by atoms with Crippen molar-refractivity contribution in [2.24, 2.45) is 10.1 Å². The van der Waals surface area contributed by atoms with Crippen molar-refractivity contribution >= 4 is 15.5 Å². The molecule has 0 atom stereocenters. The molecule has 0 saturated heterocycles. The number of benzene rings is 1. The van der Waals surface area contributed by atoms with Crippen LogP contribution in [0, 0.1) is 16.9 Å². The van der Waals surface area contributed by atoms with Crippen LogP contribution in [0.3, 0.4) is 0 Å². The third-order valence-corrected chi connectivity index (χ3v) is 4.77. The number of rotatable bonds is 10. The molecular weight excluding hydrogens is 345 g/mol. The van der Waals surface area contributed by atoms with E-state index in [1.54, 1.807) is 25.2 Å². The van der Waals surface area contributed by atoms with Gasteiger partial charge in [-0.25, -0.2) is 18.3 Å². The maximum Gasteiger partial charge on any atom is 0.191 e. The van der Waals surface area contributed by atoms with Crippen LogP contribution in [-0.4, -0.2) is 40.1 Å². The molecule has 0 spiro atoms. The van der Waals surface area contributed by atoms with Crippen molar-refractivity contribution in [3.63, 3.8) is 0 Å². The van der Waals surface area contributed by atoms with Crippen molar-refractivity contribution in [3.05, 3.63) is 41.7 Å². The predicted octanol–water partition coefficient (Wildman–Crippen LogP) is 2.42. The molecule has 0 heterocycles. The third kappa shape index (κ3) is 6.91. The van der Waals surface area contributed by atoms with Gasteiger partial charge in [-0.3, -0.25) is 4.99 Å². The molecule has 9 heteroatoms. The first-order valence-corrected chi connectivity index (χ1v) is 9.13. The number of nitrogens with zero attached hydrogens (tertiary/aromatic N) is 3. The summed E-state index contributed by atoms with van der Waals surface area (Å²) in [6.45, 7) is -0.129. The Morgan fingerprint density at radius 3 is 2.60 bits per heavy atom. The number of nitriles is 1. The topological polar surface area (TPSA) is 119 Å². The predicted molar refractivity (Wildman–Crippen MR) is 93.0 cm³/mol. The maximum absolute atomic E-state index is 13.1. The monoisotopic (exact) mass is 365 g/mol. The molecule has 0 radical (unpaired) electrons. The molecule has 7 nitrogen and oxygen atoms in total. The quantitative estimate of drug-likeness (QED) is 0.489. The Balaban J connectivity index is 2.88. The van der Waals surface area contributed by atoms with Gasteiger partial charge >= 0.3 is 0 Å². The zero-order valence-corrected chi connectivity index (χ0v) is 14.7. The smallest absolute Gasteiger partial charge is 0.191 e. The third-order valence-electron chi connectivity index (χ3n) is 3.27. The van der Waals surface area contributed by atoms with Gasteiger partial charge in [-0.1, -0.05) is 12.1 Å². The van der Waals surface area contributed by atoms with Crippen LogP contribution in [0.5, 0.6) is 0 Å². The van der Waals surface area contributed by atoms with Crippen molar-refractivity contribution in [1.29, 1.82) is 10.8 Å². The van der Waals surface area contributed by atoms with Crippen molar-refractivity contribution in [3.8, 4) is 6.07 Å². The second-order valence-electron chi connectivity index (χ2n) is 5.15. The van der Waals surface area contributed by atoms with E-state index < -0.39 is 22.3 Å². The SMILES string of the molecule is CNCC/C(=C/N=C(CF)Cc1ccc(S(=O)(=O)CC#N)cc1)N=N. The molecule has 0 aliphatic heterocycles. The number of sulfone groups is 1. The Hall–Kier alpha value is -2.44. The maximum atomic E-state index is 13.1. The minimum absolute atomic E-state index is 0.0544. The van der Waals surface area contributed by atoms with Gasteiger partial charge in [0.25, 0.3) is 0 Å². The van der Waals surface area contributed by atoms with Gasteiger partial charge < -0.3 is 5.32 Å². The molecule has 0 aromatic heterocycles. The van der Waals surface area contributed by atoms with Crippen LogP contribution in [0.15, 0.2) is 51.2 Å². The van der Waals surface area contributed by atoms with Gasteiger partial charge in [0.15, 0.2) is 9.84 Å². The molecule has 0 bridgehead atoms. The van der Waals surface area contributed by atoms with E-state index in [2.05, 4.69) is 15.4 Å². The number of alkyl halides is 1. The fourth-order valence-electron chi connectivity index (χ4n) is 1.91. The van der Waals surface area contributed by atoms with E-state index in [9.17, 15) is 12.8 Å². The highest BCUT2D eigenvalue weighted by atomic mass is 32.2. The van der Waals surface area contributed by atoms with Crippen LogP contribution >= 0.6 is 0 Å². The lowest BCUT2D eigenvalue weighted by Crippen LogP contribution is -2.08. The molecule has 25 heavy (non-hydrogen) atoms. The van der Waals surface area contributed by atoms with Gasteiger partial charge in [0, 0.05) is 19.4 Å². The minimum Gasteiger partial charge on any atom is -0.319 e. The van der Waals surface area contributed by atoms with E-state index in [0.29, 0.717) is 24.2 Å². The number of hydrogen-bond donors (Lipinski definition) is 2. The van der Waals surface area contributed by atoms with Crippen LogP contribution < -0.4 is 5.32 Å². The van der Waals surface area contributed by atoms with Gasteiger partial charge in [0.2, 0.25) is 0 Å². The van der Waals surface area contributed by atoms with Gasteiger partial charge in [0.1, 0.15) is 12.4 Å². The summed E-state index contributed by atoms with van der Waals surface area (Å²) in [5, 5.41) is 14.8. The Bertz CT molecular complexity index is 780. The van der Waals surface area contributed by atoms with Crippen LogP contribution in [0.1, 0.15) is 12.0 Å². The number of hydrogen-bond acceptors (Lipinski definition) is 7. The summed E-state index contributed by atoms with van der Waals surface area (Å²) in [6, 6.07) is 7.54. The normalized spacial score (nSPS) is 12.7. The summed E-state index contributed by atoms with van der Waals surface area (Å²) in [7, 11) is -1.83. The molecule has 1 aromatic rings.